The van der Waals surface area contributed by atoms with Crippen molar-refractivity contribution >= 4 is 5.65 Å². The first-order valence-corrected chi connectivity index (χ1v) is 6.75. The van der Waals surface area contributed by atoms with Gasteiger partial charge in [0.1, 0.15) is 0 Å². The molecule has 17 heavy (non-hydrogen) atoms. The molecule has 1 aliphatic rings. The highest BCUT2D eigenvalue weighted by Gasteiger charge is 2.17. The topological polar surface area (TPSA) is 30.2 Å². The molecule has 0 unspecified atom stereocenters. The van der Waals surface area contributed by atoms with Gasteiger partial charge in [-0.15, -0.1) is 0 Å². The van der Waals surface area contributed by atoms with E-state index in [1.165, 1.54) is 44.9 Å². The minimum absolute atomic E-state index is 0.579. The fourth-order valence-electron chi connectivity index (χ4n) is 2.74. The van der Waals surface area contributed by atoms with Crippen molar-refractivity contribution in [2.75, 3.05) is 0 Å². The number of aromatic nitrogens is 3. The first kappa shape index (κ1) is 10.8. The van der Waals surface area contributed by atoms with Crippen LogP contribution in [0.5, 0.6) is 0 Å². The van der Waals surface area contributed by atoms with Gasteiger partial charge in [0.05, 0.1) is 0 Å². The number of fused-ring (bicyclic) bond motifs is 1. The average molecular weight is 229 g/mol. The summed E-state index contributed by atoms with van der Waals surface area (Å²) >= 11 is 0. The van der Waals surface area contributed by atoms with E-state index in [-0.39, 0.29) is 0 Å². The molecule has 0 amide bonds. The lowest BCUT2D eigenvalue weighted by Gasteiger charge is -2.16. The summed E-state index contributed by atoms with van der Waals surface area (Å²) in [6.07, 6.45) is 11.3. The van der Waals surface area contributed by atoms with Gasteiger partial charge < -0.3 is 0 Å². The molecule has 0 aliphatic heterocycles. The molecule has 3 heteroatoms. The number of hydrogen-bond acceptors (Lipinski definition) is 2. The number of nitrogens with zero attached hydrogens (tertiary/aromatic N) is 3. The highest BCUT2D eigenvalue weighted by Crippen LogP contribution is 2.29. The Hall–Kier alpha value is -1.38. The van der Waals surface area contributed by atoms with Crippen molar-refractivity contribution in [3.8, 4) is 0 Å². The highest BCUT2D eigenvalue weighted by atomic mass is 15.3. The summed E-state index contributed by atoms with van der Waals surface area (Å²) in [7, 11) is 0. The van der Waals surface area contributed by atoms with Gasteiger partial charge in [0.25, 0.3) is 0 Å². The molecule has 0 aromatic carbocycles. The number of rotatable bonds is 1. The Balaban J connectivity index is 1.85. The molecule has 2 heterocycles. The van der Waals surface area contributed by atoms with Crippen molar-refractivity contribution in [2.24, 2.45) is 0 Å². The lowest BCUT2D eigenvalue weighted by Crippen LogP contribution is -2.04. The molecule has 0 atom stereocenters. The van der Waals surface area contributed by atoms with Gasteiger partial charge in [-0.25, -0.2) is 9.50 Å². The van der Waals surface area contributed by atoms with E-state index in [0.29, 0.717) is 5.92 Å². The van der Waals surface area contributed by atoms with Gasteiger partial charge in [0.2, 0.25) is 0 Å². The van der Waals surface area contributed by atoms with Gasteiger partial charge in [0.15, 0.2) is 11.5 Å². The Morgan fingerprint density at radius 1 is 1.00 bits per heavy atom. The van der Waals surface area contributed by atoms with Crippen molar-refractivity contribution in [1.82, 2.24) is 14.6 Å². The summed E-state index contributed by atoms with van der Waals surface area (Å²) in [4.78, 5) is 4.66. The van der Waals surface area contributed by atoms with E-state index in [2.05, 4.69) is 10.1 Å². The molecular formula is C14H19N3. The van der Waals surface area contributed by atoms with Crippen LogP contribution >= 0.6 is 0 Å². The molecule has 0 bridgehead atoms. The van der Waals surface area contributed by atoms with Gasteiger partial charge in [-0.2, -0.15) is 5.10 Å². The van der Waals surface area contributed by atoms with Gasteiger partial charge in [0, 0.05) is 12.1 Å². The van der Waals surface area contributed by atoms with Crippen LogP contribution in [0.3, 0.4) is 0 Å². The Kier molecular flexibility index (Phi) is 3.08. The van der Waals surface area contributed by atoms with E-state index in [4.69, 9.17) is 0 Å². The standard InChI is InChI=1S/C14H19N3/c1-2-4-8-12(9-5-3-1)14-15-13-10-6-7-11-17(13)16-14/h6-7,10-12H,1-5,8-9H2. The molecule has 3 rings (SSSR count). The molecule has 3 nitrogen and oxygen atoms in total. The van der Waals surface area contributed by atoms with Crippen LogP contribution in [-0.4, -0.2) is 14.6 Å². The Bertz CT molecular complexity index is 448. The largest absolute Gasteiger partial charge is 0.221 e. The second-order valence-corrected chi connectivity index (χ2v) is 5.02. The molecule has 1 aliphatic carbocycles. The molecule has 0 N–H and O–H groups in total. The average Bonchev–Trinajstić information content (AvgIpc) is 2.71. The van der Waals surface area contributed by atoms with Gasteiger partial charge in [-0.1, -0.05) is 38.2 Å². The predicted molar refractivity (Wildman–Crippen MR) is 68.0 cm³/mol. The maximum atomic E-state index is 4.66. The van der Waals surface area contributed by atoms with Crippen LogP contribution in [0, 0.1) is 0 Å². The minimum Gasteiger partial charge on any atom is -0.221 e. The normalized spacial score (nSPS) is 19.1. The van der Waals surface area contributed by atoms with Gasteiger partial charge in [-0.3, -0.25) is 0 Å². The Labute approximate surface area is 102 Å². The fourth-order valence-corrected chi connectivity index (χ4v) is 2.74. The van der Waals surface area contributed by atoms with Crippen LogP contribution < -0.4 is 0 Å². The van der Waals surface area contributed by atoms with E-state index in [1.54, 1.807) is 0 Å². The van der Waals surface area contributed by atoms with Crippen LogP contribution in [0.15, 0.2) is 24.4 Å². The number of hydrogen-bond donors (Lipinski definition) is 0. The second kappa shape index (κ2) is 4.86. The van der Waals surface area contributed by atoms with Crippen molar-refractivity contribution in [3.63, 3.8) is 0 Å². The van der Waals surface area contributed by atoms with Gasteiger partial charge in [-0.05, 0) is 25.0 Å². The fraction of sp³-hybridized carbons (Fsp3) is 0.571. The van der Waals surface area contributed by atoms with Crippen LogP contribution in [-0.2, 0) is 0 Å². The summed E-state index contributed by atoms with van der Waals surface area (Å²) in [5.41, 5.74) is 0.976. The lowest BCUT2D eigenvalue weighted by molar-refractivity contribution is 0.442. The highest BCUT2D eigenvalue weighted by molar-refractivity contribution is 5.36. The van der Waals surface area contributed by atoms with E-state index >= 15 is 0 Å². The zero-order valence-electron chi connectivity index (χ0n) is 10.2. The van der Waals surface area contributed by atoms with Crippen LogP contribution in [0.2, 0.25) is 0 Å². The van der Waals surface area contributed by atoms with Crippen LogP contribution in [0.1, 0.15) is 56.7 Å². The first-order chi connectivity index (χ1) is 8.43. The van der Waals surface area contributed by atoms with Gasteiger partial charge >= 0.3 is 0 Å². The molecule has 0 radical (unpaired) electrons. The molecule has 90 valence electrons. The third kappa shape index (κ3) is 2.33. The molecular weight excluding hydrogens is 210 g/mol. The third-order valence-electron chi connectivity index (χ3n) is 3.73. The van der Waals surface area contributed by atoms with Crippen molar-refractivity contribution in [3.05, 3.63) is 30.2 Å². The quantitative estimate of drug-likeness (QED) is 0.748. The molecule has 2 aromatic rings. The SMILES string of the molecule is c1ccn2nc(C3CCCCCCC3)nc2c1. The van der Waals surface area contributed by atoms with E-state index in [9.17, 15) is 0 Å². The molecule has 0 spiro atoms. The zero-order chi connectivity index (χ0) is 11.5. The summed E-state index contributed by atoms with van der Waals surface area (Å²) in [6, 6.07) is 6.05. The Morgan fingerprint density at radius 3 is 2.53 bits per heavy atom. The second-order valence-electron chi connectivity index (χ2n) is 5.02. The van der Waals surface area contributed by atoms with Crippen LogP contribution in [0.25, 0.3) is 5.65 Å². The first-order valence-electron chi connectivity index (χ1n) is 6.75. The number of pyridine rings is 1. The maximum absolute atomic E-state index is 4.66. The summed E-state index contributed by atoms with van der Waals surface area (Å²) < 4.78 is 1.90. The zero-order valence-corrected chi connectivity index (χ0v) is 10.2. The van der Waals surface area contributed by atoms with E-state index < -0.39 is 0 Å². The van der Waals surface area contributed by atoms with E-state index in [1.807, 2.05) is 28.9 Å². The summed E-state index contributed by atoms with van der Waals surface area (Å²) in [5.74, 6) is 1.63. The Morgan fingerprint density at radius 2 is 1.76 bits per heavy atom. The third-order valence-corrected chi connectivity index (χ3v) is 3.73. The predicted octanol–water partition coefficient (Wildman–Crippen LogP) is 3.56. The molecule has 1 fully saturated rings. The lowest BCUT2D eigenvalue weighted by atomic mass is 9.91. The van der Waals surface area contributed by atoms with Crippen molar-refractivity contribution < 1.29 is 0 Å². The monoisotopic (exact) mass is 229 g/mol. The molecule has 2 aromatic heterocycles. The minimum atomic E-state index is 0.579. The maximum Gasteiger partial charge on any atom is 0.155 e. The van der Waals surface area contributed by atoms with Crippen LogP contribution in [0.4, 0.5) is 0 Å². The van der Waals surface area contributed by atoms with Crippen molar-refractivity contribution in [1.29, 1.82) is 0 Å². The smallest absolute Gasteiger partial charge is 0.155 e. The molecule has 0 saturated heterocycles. The van der Waals surface area contributed by atoms with E-state index in [0.717, 1.165) is 11.5 Å². The van der Waals surface area contributed by atoms with Crippen molar-refractivity contribution in [2.45, 2.75) is 50.9 Å². The summed E-state index contributed by atoms with van der Waals surface area (Å²) in [5, 5.41) is 4.61. The molecule has 1 saturated carbocycles. The summed E-state index contributed by atoms with van der Waals surface area (Å²) in [6.45, 7) is 0.